The number of benzene rings is 2. The van der Waals surface area contributed by atoms with Gasteiger partial charge in [0, 0.05) is 17.7 Å². The molecule has 1 aromatic heterocycles. The standard InChI is InChI=1S/C24H23FN4O5/c1-14(2)22(27-23(30)19-6-4-5-7-20(19)25)24(31)28-26-13-17-9-11-21(34-17)18-10-8-16(29(32)33)12-15(18)3/h4-14,22H,1-3H3,(H,27,30)(H,28,31)/b26-13-/t22-/m0/s1. The van der Waals surface area contributed by atoms with Crippen LogP contribution in [0.2, 0.25) is 0 Å². The second-order valence-electron chi connectivity index (χ2n) is 7.87. The Morgan fingerprint density at radius 3 is 2.53 bits per heavy atom. The van der Waals surface area contributed by atoms with Gasteiger partial charge in [-0.05, 0) is 48.7 Å². The summed E-state index contributed by atoms with van der Waals surface area (Å²) in [7, 11) is 0. The van der Waals surface area contributed by atoms with Crippen molar-refractivity contribution < 1.29 is 23.3 Å². The van der Waals surface area contributed by atoms with Crippen LogP contribution in [0.1, 0.15) is 35.5 Å². The number of hydrazone groups is 1. The monoisotopic (exact) mass is 466 g/mol. The van der Waals surface area contributed by atoms with Gasteiger partial charge in [0.05, 0.1) is 16.7 Å². The van der Waals surface area contributed by atoms with E-state index >= 15 is 0 Å². The number of nitrogens with zero attached hydrogens (tertiary/aromatic N) is 2. The molecule has 0 fully saturated rings. The fraction of sp³-hybridized carbons (Fsp3) is 0.208. The minimum absolute atomic E-state index is 0.0147. The average molecular weight is 466 g/mol. The molecule has 0 bridgehead atoms. The van der Waals surface area contributed by atoms with Gasteiger partial charge in [0.1, 0.15) is 23.4 Å². The van der Waals surface area contributed by atoms with Gasteiger partial charge in [0.15, 0.2) is 0 Å². The fourth-order valence-corrected chi connectivity index (χ4v) is 3.23. The first-order valence-electron chi connectivity index (χ1n) is 10.4. The summed E-state index contributed by atoms with van der Waals surface area (Å²) in [5.74, 6) is -1.43. The Morgan fingerprint density at radius 2 is 1.88 bits per heavy atom. The molecule has 0 aliphatic rings. The van der Waals surface area contributed by atoms with Crippen molar-refractivity contribution in [2.75, 3.05) is 0 Å². The van der Waals surface area contributed by atoms with E-state index in [4.69, 9.17) is 4.42 Å². The fourth-order valence-electron chi connectivity index (χ4n) is 3.23. The normalized spacial score (nSPS) is 12.0. The summed E-state index contributed by atoms with van der Waals surface area (Å²) in [6.45, 7) is 5.21. The highest BCUT2D eigenvalue weighted by molar-refractivity contribution is 5.98. The number of nitrogens with one attached hydrogen (secondary N) is 2. The van der Waals surface area contributed by atoms with E-state index in [0.29, 0.717) is 22.6 Å². The van der Waals surface area contributed by atoms with Crippen molar-refractivity contribution in [3.63, 3.8) is 0 Å². The van der Waals surface area contributed by atoms with E-state index in [9.17, 15) is 24.1 Å². The molecule has 0 saturated heterocycles. The zero-order valence-corrected chi connectivity index (χ0v) is 18.7. The number of rotatable bonds is 8. The molecular weight excluding hydrogens is 443 g/mol. The first-order chi connectivity index (χ1) is 16.2. The Balaban J connectivity index is 1.65. The minimum atomic E-state index is -0.945. The first-order valence-corrected chi connectivity index (χ1v) is 10.4. The second kappa shape index (κ2) is 10.5. The molecule has 9 nitrogen and oxygen atoms in total. The number of nitro benzene ring substituents is 1. The average Bonchev–Trinajstić information content (AvgIpc) is 3.25. The van der Waals surface area contributed by atoms with Gasteiger partial charge in [-0.3, -0.25) is 19.7 Å². The van der Waals surface area contributed by atoms with Gasteiger partial charge in [0.25, 0.3) is 17.5 Å². The number of hydrogen-bond acceptors (Lipinski definition) is 6. The number of nitro groups is 1. The molecular formula is C24H23FN4O5. The van der Waals surface area contributed by atoms with Crippen LogP contribution in [0.25, 0.3) is 11.3 Å². The van der Waals surface area contributed by atoms with Gasteiger partial charge in [-0.25, -0.2) is 9.82 Å². The summed E-state index contributed by atoms with van der Waals surface area (Å²) >= 11 is 0. The highest BCUT2D eigenvalue weighted by Crippen LogP contribution is 2.28. The number of furan rings is 1. The maximum Gasteiger partial charge on any atom is 0.269 e. The van der Waals surface area contributed by atoms with E-state index in [2.05, 4.69) is 15.8 Å². The molecule has 0 aliphatic carbocycles. The van der Waals surface area contributed by atoms with E-state index < -0.39 is 28.6 Å². The molecule has 0 unspecified atom stereocenters. The van der Waals surface area contributed by atoms with Crippen molar-refractivity contribution in [3.05, 3.63) is 87.4 Å². The van der Waals surface area contributed by atoms with E-state index in [0.717, 1.165) is 0 Å². The maximum atomic E-state index is 13.9. The van der Waals surface area contributed by atoms with Crippen molar-refractivity contribution in [1.82, 2.24) is 10.7 Å². The van der Waals surface area contributed by atoms with Crippen LogP contribution in [0.4, 0.5) is 10.1 Å². The van der Waals surface area contributed by atoms with Crippen molar-refractivity contribution in [3.8, 4) is 11.3 Å². The van der Waals surface area contributed by atoms with Crippen LogP contribution in [0.5, 0.6) is 0 Å². The third-order valence-corrected chi connectivity index (χ3v) is 5.03. The lowest BCUT2D eigenvalue weighted by Gasteiger charge is -2.20. The molecule has 1 heterocycles. The molecule has 2 aromatic carbocycles. The van der Waals surface area contributed by atoms with Crippen LogP contribution < -0.4 is 10.7 Å². The number of hydrogen-bond donors (Lipinski definition) is 2. The summed E-state index contributed by atoms with van der Waals surface area (Å²) in [5.41, 5.74) is 3.54. The van der Waals surface area contributed by atoms with E-state index in [1.165, 1.54) is 42.6 Å². The Bertz CT molecular complexity index is 1250. The van der Waals surface area contributed by atoms with Gasteiger partial charge >= 0.3 is 0 Å². The molecule has 176 valence electrons. The van der Waals surface area contributed by atoms with Gasteiger partial charge < -0.3 is 9.73 Å². The summed E-state index contributed by atoms with van der Waals surface area (Å²) in [6.07, 6.45) is 1.29. The Hall–Kier alpha value is -4.34. The van der Waals surface area contributed by atoms with E-state index in [1.807, 2.05) is 0 Å². The van der Waals surface area contributed by atoms with Crippen LogP contribution in [0, 0.1) is 28.8 Å². The molecule has 10 heteroatoms. The van der Waals surface area contributed by atoms with Crippen molar-refractivity contribution >= 4 is 23.7 Å². The van der Waals surface area contributed by atoms with Gasteiger partial charge in [-0.2, -0.15) is 5.10 Å². The number of non-ortho nitro benzene ring substituents is 1. The number of amides is 2. The highest BCUT2D eigenvalue weighted by atomic mass is 19.1. The van der Waals surface area contributed by atoms with Gasteiger partial charge in [-0.1, -0.05) is 26.0 Å². The molecule has 3 rings (SSSR count). The topological polar surface area (TPSA) is 127 Å². The van der Waals surface area contributed by atoms with Crippen LogP contribution in [0.3, 0.4) is 0 Å². The number of halogens is 1. The number of carbonyl (C=O) groups is 2. The van der Waals surface area contributed by atoms with E-state index in [-0.39, 0.29) is 17.2 Å². The Kier molecular flexibility index (Phi) is 7.52. The quantitative estimate of drug-likeness (QED) is 0.292. The molecule has 2 amide bonds. The third-order valence-electron chi connectivity index (χ3n) is 5.03. The highest BCUT2D eigenvalue weighted by Gasteiger charge is 2.25. The lowest BCUT2D eigenvalue weighted by atomic mass is 10.0. The number of aryl methyl sites for hydroxylation is 1. The molecule has 2 N–H and O–H groups in total. The van der Waals surface area contributed by atoms with Crippen molar-refractivity contribution in [2.45, 2.75) is 26.8 Å². The van der Waals surface area contributed by atoms with Crippen LogP contribution in [-0.4, -0.2) is 29.0 Å². The van der Waals surface area contributed by atoms with Gasteiger partial charge in [0.2, 0.25) is 0 Å². The molecule has 1 atom stereocenters. The van der Waals surface area contributed by atoms with Crippen molar-refractivity contribution in [1.29, 1.82) is 0 Å². The first kappa shape index (κ1) is 24.3. The molecule has 0 spiro atoms. The summed E-state index contributed by atoms with van der Waals surface area (Å²) < 4.78 is 19.6. The largest absolute Gasteiger partial charge is 0.455 e. The second-order valence-corrected chi connectivity index (χ2v) is 7.87. The predicted molar refractivity (Wildman–Crippen MR) is 124 cm³/mol. The Labute approximate surface area is 194 Å². The summed E-state index contributed by atoms with van der Waals surface area (Å²) in [4.78, 5) is 35.4. The van der Waals surface area contributed by atoms with E-state index in [1.54, 1.807) is 39.0 Å². The molecule has 34 heavy (non-hydrogen) atoms. The van der Waals surface area contributed by atoms with Gasteiger partial charge in [-0.15, -0.1) is 0 Å². The smallest absolute Gasteiger partial charge is 0.269 e. The lowest BCUT2D eigenvalue weighted by Crippen LogP contribution is -2.48. The molecule has 3 aromatic rings. The van der Waals surface area contributed by atoms with Crippen LogP contribution in [-0.2, 0) is 4.79 Å². The zero-order chi connectivity index (χ0) is 24.8. The predicted octanol–water partition coefficient (Wildman–Crippen LogP) is 4.21. The zero-order valence-electron chi connectivity index (χ0n) is 18.7. The number of carbonyl (C=O) groups excluding carboxylic acids is 2. The summed E-state index contributed by atoms with van der Waals surface area (Å²) in [6, 6.07) is 12.3. The SMILES string of the molecule is Cc1cc([N+](=O)[O-])ccc1-c1ccc(/C=N\NC(=O)[C@@H](NC(=O)c2ccccc2F)C(C)C)o1. The van der Waals surface area contributed by atoms with Crippen LogP contribution >= 0.6 is 0 Å². The van der Waals surface area contributed by atoms with Crippen LogP contribution in [0.15, 0.2) is 64.1 Å². The maximum absolute atomic E-state index is 13.9. The Morgan fingerprint density at radius 1 is 1.15 bits per heavy atom. The molecule has 0 radical (unpaired) electrons. The molecule has 0 aliphatic heterocycles. The van der Waals surface area contributed by atoms with Crippen molar-refractivity contribution in [2.24, 2.45) is 11.0 Å². The lowest BCUT2D eigenvalue weighted by molar-refractivity contribution is -0.384. The summed E-state index contributed by atoms with van der Waals surface area (Å²) in [5, 5.41) is 17.3. The molecule has 0 saturated carbocycles. The minimum Gasteiger partial charge on any atom is -0.455 e. The third kappa shape index (κ3) is 5.71.